The molecule has 0 fully saturated rings. The van der Waals surface area contributed by atoms with Gasteiger partial charge in [0.15, 0.2) is 5.82 Å². The van der Waals surface area contributed by atoms with Crippen molar-refractivity contribution in [2.75, 3.05) is 18.2 Å². The molecule has 0 amide bonds. The molecule has 0 bridgehead atoms. The van der Waals surface area contributed by atoms with E-state index in [1.807, 2.05) is 0 Å². The van der Waals surface area contributed by atoms with Crippen LogP contribution < -0.4 is 11.1 Å². The van der Waals surface area contributed by atoms with Crippen LogP contribution in [0.2, 0.25) is 5.02 Å². The quantitative estimate of drug-likeness (QED) is 0.671. The Balaban J connectivity index is 2.30. The number of hydrogen-bond acceptors (Lipinski definition) is 4. The third-order valence-corrected chi connectivity index (χ3v) is 2.99. The number of anilines is 3. The molecule has 6 heteroatoms. The molecular formula is C14H12ClFN2O2. The number of carbonyl (C=O) groups excluding carboxylic acids is 1. The van der Waals surface area contributed by atoms with E-state index in [1.165, 1.54) is 31.4 Å². The molecular weight excluding hydrogens is 283 g/mol. The van der Waals surface area contributed by atoms with Gasteiger partial charge in [-0.15, -0.1) is 0 Å². The Labute approximate surface area is 120 Å². The zero-order valence-electron chi connectivity index (χ0n) is 10.6. The number of carbonyl (C=O) groups is 1. The van der Waals surface area contributed by atoms with Crippen LogP contribution >= 0.6 is 11.6 Å². The third kappa shape index (κ3) is 2.83. The van der Waals surface area contributed by atoms with Gasteiger partial charge in [0.2, 0.25) is 0 Å². The maximum Gasteiger partial charge on any atom is 0.337 e. The van der Waals surface area contributed by atoms with E-state index in [0.29, 0.717) is 16.9 Å². The third-order valence-electron chi connectivity index (χ3n) is 2.69. The molecule has 20 heavy (non-hydrogen) atoms. The van der Waals surface area contributed by atoms with Gasteiger partial charge in [-0.1, -0.05) is 17.7 Å². The number of nitrogens with one attached hydrogen (secondary N) is 1. The van der Waals surface area contributed by atoms with E-state index in [0.717, 1.165) is 0 Å². The molecule has 0 aromatic heterocycles. The summed E-state index contributed by atoms with van der Waals surface area (Å²) in [6, 6.07) is 9.17. The molecule has 0 saturated heterocycles. The number of halogens is 2. The van der Waals surface area contributed by atoms with E-state index in [2.05, 4.69) is 10.1 Å². The van der Waals surface area contributed by atoms with Gasteiger partial charge >= 0.3 is 5.97 Å². The summed E-state index contributed by atoms with van der Waals surface area (Å²) in [7, 11) is 1.28. The smallest absolute Gasteiger partial charge is 0.337 e. The second-order valence-electron chi connectivity index (χ2n) is 4.02. The Hall–Kier alpha value is -2.27. The monoisotopic (exact) mass is 294 g/mol. The molecule has 104 valence electrons. The zero-order valence-corrected chi connectivity index (χ0v) is 11.4. The van der Waals surface area contributed by atoms with E-state index < -0.39 is 11.8 Å². The molecule has 4 nitrogen and oxygen atoms in total. The van der Waals surface area contributed by atoms with Crippen molar-refractivity contribution >= 4 is 34.6 Å². The molecule has 2 rings (SSSR count). The second kappa shape index (κ2) is 5.79. The van der Waals surface area contributed by atoms with Crippen LogP contribution in [0.15, 0.2) is 36.4 Å². The van der Waals surface area contributed by atoms with Crippen LogP contribution in [0.25, 0.3) is 0 Å². The van der Waals surface area contributed by atoms with Crippen LogP contribution in [0, 0.1) is 5.82 Å². The SMILES string of the molecule is COC(=O)c1ccc(Nc2cccc(Cl)c2F)c(N)c1. The zero-order chi connectivity index (χ0) is 14.7. The summed E-state index contributed by atoms with van der Waals surface area (Å²) in [4.78, 5) is 11.4. The van der Waals surface area contributed by atoms with Crippen LogP contribution in [0.5, 0.6) is 0 Å². The first kappa shape index (κ1) is 14.1. The van der Waals surface area contributed by atoms with E-state index in [-0.39, 0.29) is 10.7 Å². The Morgan fingerprint density at radius 3 is 2.70 bits per heavy atom. The molecule has 0 aliphatic rings. The molecule has 0 heterocycles. The fraction of sp³-hybridized carbons (Fsp3) is 0.0714. The summed E-state index contributed by atoms with van der Waals surface area (Å²) in [5, 5.41) is 2.84. The average Bonchev–Trinajstić information content (AvgIpc) is 2.45. The average molecular weight is 295 g/mol. The van der Waals surface area contributed by atoms with Crippen LogP contribution in [0.4, 0.5) is 21.5 Å². The number of rotatable bonds is 3. The summed E-state index contributed by atoms with van der Waals surface area (Å²) in [5.74, 6) is -1.05. The molecule has 0 aliphatic heterocycles. The molecule has 0 radical (unpaired) electrons. The first-order valence-corrected chi connectivity index (χ1v) is 6.09. The molecule has 0 saturated carbocycles. The van der Waals surface area contributed by atoms with Crippen molar-refractivity contribution in [1.82, 2.24) is 0 Å². The van der Waals surface area contributed by atoms with Gasteiger partial charge in [-0.05, 0) is 30.3 Å². The van der Waals surface area contributed by atoms with E-state index >= 15 is 0 Å². The van der Waals surface area contributed by atoms with Gasteiger partial charge in [0, 0.05) is 0 Å². The number of ether oxygens (including phenoxy) is 1. The van der Waals surface area contributed by atoms with Gasteiger partial charge in [0.1, 0.15) is 0 Å². The summed E-state index contributed by atoms with van der Waals surface area (Å²) < 4.78 is 18.4. The van der Waals surface area contributed by atoms with Gasteiger partial charge in [0.25, 0.3) is 0 Å². The summed E-state index contributed by atoms with van der Waals surface area (Å²) in [5.41, 5.74) is 7.12. The normalized spacial score (nSPS) is 10.2. The maximum atomic E-state index is 13.8. The lowest BCUT2D eigenvalue weighted by molar-refractivity contribution is 0.0601. The topological polar surface area (TPSA) is 64.3 Å². The fourth-order valence-electron chi connectivity index (χ4n) is 1.67. The predicted molar refractivity (Wildman–Crippen MR) is 76.9 cm³/mol. The molecule has 2 aromatic rings. The van der Waals surface area contributed by atoms with Gasteiger partial charge in [-0.2, -0.15) is 0 Å². The number of nitrogens with two attached hydrogens (primary N) is 1. The lowest BCUT2D eigenvalue weighted by atomic mass is 10.1. The molecule has 0 atom stereocenters. The molecule has 3 N–H and O–H groups in total. The van der Waals surface area contributed by atoms with E-state index in [9.17, 15) is 9.18 Å². The molecule has 2 aromatic carbocycles. The fourth-order valence-corrected chi connectivity index (χ4v) is 1.84. The number of esters is 1. The van der Waals surface area contributed by atoms with Crippen molar-refractivity contribution in [2.24, 2.45) is 0 Å². The highest BCUT2D eigenvalue weighted by molar-refractivity contribution is 6.31. The highest BCUT2D eigenvalue weighted by atomic mass is 35.5. The first-order valence-electron chi connectivity index (χ1n) is 5.72. The van der Waals surface area contributed by atoms with Crippen molar-refractivity contribution in [1.29, 1.82) is 0 Å². The van der Waals surface area contributed by atoms with Crippen molar-refractivity contribution in [2.45, 2.75) is 0 Å². The van der Waals surface area contributed by atoms with Crippen LogP contribution in [-0.2, 0) is 4.74 Å². The Bertz CT molecular complexity index is 662. The molecule has 0 unspecified atom stereocenters. The van der Waals surface area contributed by atoms with Crippen LogP contribution in [0.1, 0.15) is 10.4 Å². The lowest BCUT2D eigenvalue weighted by Gasteiger charge is -2.11. The van der Waals surface area contributed by atoms with Gasteiger partial charge in [0.05, 0.1) is 34.8 Å². The van der Waals surface area contributed by atoms with Gasteiger partial charge in [-0.25, -0.2) is 9.18 Å². The van der Waals surface area contributed by atoms with Crippen molar-refractivity contribution in [3.05, 3.63) is 52.8 Å². The minimum absolute atomic E-state index is 0.0137. The van der Waals surface area contributed by atoms with Crippen molar-refractivity contribution < 1.29 is 13.9 Å². The van der Waals surface area contributed by atoms with Crippen LogP contribution in [-0.4, -0.2) is 13.1 Å². The number of nitrogen functional groups attached to an aromatic ring is 1. The lowest BCUT2D eigenvalue weighted by Crippen LogP contribution is -2.04. The molecule has 0 spiro atoms. The Kier molecular flexibility index (Phi) is 4.10. The first-order chi connectivity index (χ1) is 9.52. The second-order valence-corrected chi connectivity index (χ2v) is 4.43. The Morgan fingerprint density at radius 1 is 1.30 bits per heavy atom. The van der Waals surface area contributed by atoms with Crippen molar-refractivity contribution in [3.63, 3.8) is 0 Å². The van der Waals surface area contributed by atoms with Gasteiger partial charge in [-0.3, -0.25) is 0 Å². The number of benzene rings is 2. The largest absolute Gasteiger partial charge is 0.465 e. The summed E-state index contributed by atoms with van der Waals surface area (Å²) >= 11 is 5.70. The van der Waals surface area contributed by atoms with Gasteiger partial charge < -0.3 is 15.8 Å². The standard InChI is InChI=1S/C14H12ClFN2O2/c1-20-14(19)8-5-6-11(10(17)7-8)18-12-4-2-3-9(15)13(12)16/h2-7,18H,17H2,1H3. The Morgan fingerprint density at radius 2 is 2.05 bits per heavy atom. The van der Waals surface area contributed by atoms with E-state index in [1.54, 1.807) is 12.1 Å². The predicted octanol–water partition coefficient (Wildman–Crippen LogP) is 3.59. The highest BCUT2D eigenvalue weighted by Crippen LogP contribution is 2.28. The van der Waals surface area contributed by atoms with Crippen LogP contribution in [0.3, 0.4) is 0 Å². The van der Waals surface area contributed by atoms with Crippen molar-refractivity contribution in [3.8, 4) is 0 Å². The highest BCUT2D eigenvalue weighted by Gasteiger charge is 2.10. The number of methoxy groups -OCH3 is 1. The number of hydrogen-bond donors (Lipinski definition) is 2. The minimum Gasteiger partial charge on any atom is -0.465 e. The van der Waals surface area contributed by atoms with E-state index in [4.69, 9.17) is 17.3 Å². The summed E-state index contributed by atoms with van der Waals surface area (Å²) in [6.45, 7) is 0. The maximum absolute atomic E-state index is 13.8. The molecule has 0 aliphatic carbocycles. The summed E-state index contributed by atoms with van der Waals surface area (Å²) in [6.07, 6.45) is 0. The minimum atomic E-state index is -0.564.